The highest BCUT2D eigenvalue weighted by molar-refractivity contribution is 5.73. The van der Waals surface area contributed by atoms with E-state index in [-0.39, 0.29) is 31.3 Å². The summed E-state index contributed by atoms with van der Waals surface area (Å²) >= 11 is 0. The highest BCUT2D eigenvalue weighted by Gasteiger charge is 2.74. The predicted octanol–water partition coefficient (Wildman–Crippen LogP) is -2.27. The van der Waals surface area contributed by atoms with Crippen molar-refractivity contribution in [1.82, 2.24) is 0 Å². The van der Waals surface area contributed by atoms with Crippen LogP contribution in [0, 0.1) is 50.2 Å². The van der Waals surface area contributed by atoms with E-state index in [1.54, 1.807) is 0 Å². The van der Waals surface area contributed by atoms with Gasteiger partial charge in [0.15, 0.2) is 25.0 Å². The molecule has 0 aromatic carbocycles. The summed E-state index contributed by atoms with van der Waals surface area (Å²) in [5.74, 6) is -3.77. The molecule has 0 bridgehead atoms. The van der Waals surface area contributed by atoms with E-state index < -0.39 is 193 Å². The van der Waals surface area contributed by atoms with Gasteiger partial charge in [-0.05, 0) is 78.9 Å². The van der Waals surface area contributed by atoms with E-state index in [0.717, 1.165) is 5.57 Å². The molecule has 8 rings (SSSR count). The second kappa shape index (κ2) is 21.4. The Morgan fingerprint density at radius 3 is 1.76 bits per heavy atom. The van der Waals surface area contributed by atoms with Crippen LogP contribution in [0.4, 0.5) is 0 Å². The first-order chi connectivity index (χ1) is 35.4. The molecule has 3 heterocycles. The van der Waals surface area contributed by atoms with E-state index in [1.807, 2.05) is 20.8 Å². The minimum atomic E-state index is -2.17. The number of carboxylic acids is 1. The van der Waals surface area contributed by atoms with Crippen LogP contribution in [0.3, 0.4) is 0 Å². The summed E-state index contributed by atoms with van der Waals surface area (Å²) in [6, 6.07) is 0. The number of hydrogen-bond acceptors (Lipinski definition) is 23. The molecule has 0 spiro atoms. The highest BCUT2D eigenvalue weighted by atomic mass is 16.8. The molecule has 0 aromatic rings. The number of aliphatic hydroxyl groups is 12. The summed E-state index contributed by atoms with van der Waals surface area (Å²) in [6.07, 6.45) is -28.2. The Hall–Kier alpha value is -2.57. The number of esters is 2. The number of carbonyl (C=O) groups is 3. The molecule has 3 aliphatic heterocycles. The second-order valence-corrected chi connectivity index (χ2v) is 24.8. The largest absolute Gasteiger partial charge is 0.479 e. The summed E-state index contributed by atoms with van der Waals surface area (Å²) in [7, 11) is 0. The van der Waals surface area contributed by atoms with Gasteiger partial charge in [-0.2, -0.15) is 0 Å². The van der Waals surface area contributed by atoms with Crippen molar-refractivity contribution < 1.29 is 119 Å². The van der Waals surface area contributed by atoms with Gasteiger partial charge in [-0.15, -0.1) is 0 Å². The van der Waals surface area contributed by atoms with Crippen molar-refractivity contribution in [2.45, 2.75) is 217 Å². The molecule has 0 aromatic heterocycles. The summed E-state index contributed by atoms with van der Waals surface area (Å²) < 4.78 is 47.3. The van der Waals surface area contributed by atoms with Crippen LogP contribution in [0.5, 0.6) is 0 Å². The van der Waals surface area contributed by atoms with Crippen LogP contribution in [-0.2, 0) is 52.3 Å². The molecule has 24 nitrogen and oxygen atoms in total. The Balaban J connectivity index is 1.11. The molecule has 0 radical (unpaired) electrons. The summed E-state index contributed by atoms with van der Waals surface area (Å²) in [5.41, 5.74) is -4.00. The maximum Gasteiger partial charge on any atom is 0.335 e. The van der Waals surface area contributed by atoms with Crippen molar-refractivity contribution in [2.75, 3.05) is 26.4 Å². The Bertz CT molecular complexity index is 2160. The number of aliphatic hydroxyl groups excluding tert-OH is 12. The minimum absolute atomic E-state index is 0.0745. The molecule has 76 heavy (non-hydrogen) atoms. The van der Waals surface area contributed by atoms with Gasteiger partial charge in [0.25, 0.3) is 0 Å². The van der Waals surface area contributed by atoms with Crippen LogP contribution in [0.2, 0.25) is 0 Å². The van der Waals surface area contributed by atoms with Crippen molar-refractivity contribution >= 4 is 17.9 Å². The van der Waals surface area contributed by atoms with Crippen LogP contribution < -0.4 is 0 Å². The number of carbonyl (C=O) groups excluding carboxylic acids is 2. The van der Waals surface area contributed by atoms with Crippen LogP contribution in [0.25, 0.3) is 0 Å². The SMILES string of the molecule is CC(=O)OC[C@@]12[C@H](O)C[C@]3(C)C(=CCC4[C@@]5(C)CC[C@H](O[C@@H]6O[C@H](C(=O)O)[C@@H](O[C@@H]7O[C@H](CO)[C@@H](O)[C@H](O)[C@H]7O)[C@H](O)[C@H]6O[C@@H]6O[C@H](CO)[C@@H](O)[C@H](O)[C@H]6O)[C@](C)(CO)C5CC[C@]43C)[C@@H]1CC(C)(C)[C@@H](OC(C)=O)[C@@H]2O. The maximum absolute atomic E-state index is 13.1. The van der Waals surface area contributed by atoms with Crippen molar-refractivity contribution in [3.05, 3.63) is 11.6 Å². The fourth-order valence-electron chi connectivity index (χ4n) is 16.0. The maximum atomic E-state index is 13.1. The Kier molecular flexibility index (Phi) is 16.8. The number of rotatable bonds is 13. The third-order valence-electron chi connectivity index (χ3n) is 20.3. The van der Waals surface area contributed by atoms with Crippen molar-refractivity contribution in [1.29, 1.82) is 0 Å². The van der Waals surface area contributed by atoms with Crippen molar-refractivity contribution in [3.63, 3.8) is 0 Å². The third kappa shape index (κ3) is 9.37. The van der Waals surface area contributed by atoms with Crippen LogP contribution >= 0.6 is 0 Å². The van der Waals surface area contributed by atoms with Gasteiger partial charge >= 0.3 is 17.9 Å². The minimum Gasteiger partial charge on any atom is -0.479 e. The average Bonchev–Trinajstić information content (AvgIpc) is 3.35. The molecule has 5 aliphatic carbocycles. The third-order valence-corrected chi connectivity index (χ3v) is 20.3. The van der Waals surface area contributed by atoms with Gasteiger partial charge in [0, 0.05) is 24.7 Å². The Labute approximate surface area is 440 Å². The number of aliphatic carboxylic acids is 1. The quantitative estimate of drug-likeness (QED) is 0.0525. The van der Waals surface area contributed by atoms with Crippen LogP contribution in [-0.4, -0.2) is 227 Å². The van der Waals surface area contributed by atoms with Crippen molar-refractivity contribution in [3.8, 4) is 0 Å². The van der Waals surface area contributed by atoms with Gasteiger partial charge < -0.3 is 104 Å². The lowest BCUT2D eigenvalue weighted by atomic mass is 9.33. The first-order valence-electron chi connectivity index (χ1n) is 26.6. The fourth-order valence-corrected chi connectivity index (χ4v) is 16.0. The standard InChI is InChI=1S/C52H82O24/c1-21(56)69-20-52-24(15-47(3,4)42(41(52)66)70-22(2)57)23-9-10-28-48(5)13-12-30(49(6,19-55)27(48)11-14-50(28,7)51(23,8)16-29(52)58)73-46-39(75-45-36(64)34(62)32(60)26(18-54)72-45)37(65)38(40(76-46)43(67)68)74-44-35(63)33(61)31(59)25(17-53)71-44/h9,24-42,44-46,53-55,58-66H,10-20H2,1-8H3,(H,67,68)/t24-,25+,26+,27?,28?,29+,30-,31+,32+,33-,34-,35+,36+,37-,38-,39+,40-,41-,42-,44-,45-,46+,48-,49+,50+,51+,52-/m0/s1. The van der Waals surface area contributed by atoms with Gasteiger partial charge in [-0.25, -0.2) is 4.79 Å². The Morgan fingerprint density at radius 1 is 0.658 bits per heavy atom. The molecule has 434 valence electrons. The molecule has 13 N–H and O–H groups in total. The number of ether oxygens (including phenoxy) is 8. The first kappa shape index (κ1) is 59.5. The smallest absolute Gasteiger partial charge is 0.335 e. The van der Waals surface area contributed by atoms with Crippen LogP contribution in [0.15, 0.2) is 11.6 Å². The normalized spacial score (nSPS) is 51.9. The highest BCUT2D eigenvalue weighted by Crippen LogP contribution is 2.76. The van der Waals surface area contributed by atoms with E-state index in [2.05, 4.69) is 26.8 Å². The van der Waals surface area contributed by atoms with E-state index >= 15 is 0 Å². The summed E-state index contributed by atoms with van der Waals surface area (Å²) in [6.45, 7) is 12.3. The lowest BCUT2D eigenvalue weighted by molar-refractivity contribution is -0.392. The summed E-state index contributed by atoms with van der Waals surface area (Å²) in [4.78, 5) is 38.0. The zero-order valence-electron chi connectivity index (χ0n) is 44.4. The molecule has 27 atom stereocenters. The number of fused-ring (bicyclic) bond motifs is 7. The molecule has 0 amide bonds. The van der Waals surface area contributed by atoms with Crippen molar-refractivity contribution in [2.24, 2.45) is 50.2 Å². The van der Waals surface area contributed by atoms with Gasteiger partial charge in [0.1, 0.15) is 86.0 Å². The van der Waals surface area contributed by atoms with Gasteiger partial charge in [-0.1, -0.05) is 53.2 Å². The first-order valence-corrected chi connectivity index (χ1v) is 26.6. The number of hydrogen-bond donors (Lipinski definition) is 13. The lowest BCUT2D eigenvalue weighted by Crippen LogP contribution is -2.72. The molecular formula is C52H82O24. The molecule has 3 saturated heterocycles. The van der Waals surface area contributed by atoms with Gasteiger partial charge in [-0.3, -0.25) is 9.59 Å². The molecule has 7 fully saturated rings. The number of carboxylic acid groups (broad SMARTS) is 1. The molecule has 4 saturated carbocycles. The second-order valence-electron chi connectivity index (χ2n) is 24.8. The topological polar surface area (TPSA) is 388 Å². The van der Waals surface area contributed by atoms with Gasteiger partial charge in [0.05, 0.1) is 37.4 Å². The molecule has 24 heteroatoms. The zero-order chi connectivity index (χ0) is 56.2. The molecule has 8 aliphatic rings. The van der Waals surface area contributed by atoms with Gasteiger partial charge in [0.2, 0.25) is 0 Å². The fraction of sp³-hybridized carbons (Fsp3) is 0.904. The average molecular weight is 1090 g/mol. The van der Waals surface area contributed by atoms with E-state index in [9.17, 15) is 80.8 Å². The van der Waals surface area contributed by atoms with E-state index in [1.165, 1.54) is 13.8 Å². The zero-order valence-corrected chi connectivity index (χ0v) is 44.4. The Morgan fingerprint density at radius 2 is 1.24 bits per heavy atom. The van der Waals surface area contributed by atoms with Crippen LogP contribution in [0.1, 0.15) is 100 Å². The van der Waals surface area contributed by atoms with E-state index in [4.69, 9.17) is 37.9 Å². The number of allylic oxidation sites excluding steroid dienone is 2. The molecule has 2 unspecified atom stereocenters. The predicted molar refractivity (Wildman–Crippen MR) is 255 cm³/mol. The van der Waals surface area contributed by atoms with E-state index in [0.29, 0.717) is 32.1 Å². The summed E-state index contributed by atoms with van der Waals surface area (Å²) in [5, 5.41) is 143. The molecular weight excluding hydrogens is 1010 g/mol. The monoisotopic (exact) mass is 1090 g/mol. The lowest BCUT2D eigenvalue weighted by Gasteiger charge is -2.72.